The average Bonchev–Trinajstić information content (AvgIpc) is 3.12. The van der Waals surface area contributed by atoms with Gasteiger partial charge in [0.05, 0.1) is 13.2 Å². The van der Waals surface area contributed by atoms with E-state index < -0.39 is 0 Å². The zero-order chi connectivity index (χ0) is 12.3. The SMILES string of the molecule is OCCN(CCO)c1cc(Br)nc(C2CC2)n1. The van der Waals surface area contributed by atoms with E-state index in [1.165, 1.54) is 0 Å². The van der Waals surface area contributed by atoms with E-state index in [9.17, 15) is 0 Å². The predicted molar refractivity (Wildman–Crippen MR) is 68.1 cm³/mol. The Morgan fingerprint density at radius 3 is 2.41 bits per heavy atom. The molecule has 1 saturated carbocycles. The molecule has 0 aromatic carbocycles. The fraction of sp³-hybridized carbons (Fsp3) is 0.636. The zero-order valence-electron chi connectivity index (χ0n) is 9.51. The molecule has 94 valence electrons. The number of nitrogens with zero attached hydrogens (tertiary/aromatic N) is 3. The lowest BCUT2D eigenvalue weighted by Crippen LogP contribution is -2.30. The molecule has 0 saturated heterocycles. The number of hydrogen-bond donors (Lipinski definition) is 2. The summed E-state index contributed by atoms with van der Waals surface area (Å²) in [4.78, 5) is 10.7. The van der Waals surface area contributed by atoms with Gasteiger partial charge >= 0.3 is 0 Å². The van der Waals surface area contributed by atoms with Gasteiger partial charge in [-0.3, -0.25) is 0 Å². The Hall–Kier alpha value is -0.720. The van der Waals surface area contributed by atoms with Crippen LogP contribution in [-0.4, -0.2) is 46.5 Å². The van der Waals surface area contributed by atoms with Crippen LogP contribution in [0.25, 0.3) is 0 Å². The number of anilines is 1. The van der Waals surface area contributed by atoms with Gasteiger partial charge in [0.1, 0.15) is 16.2 Å². The van der Waals surface area contributed by atoms with Crippen molar-refractivity contribution in [1.29, 1.82) is 0 Å². The highest BCUT2D eigenvalue weighted by Crippen LogP contribution is 2.39. The first kappa shape index (κ1) is 12.7. The van der Waals surface area contributed by atoms with Crippen LogP contribution in [0, 0.1) is 0 Å². The molecule has 1 aliphatic carbocycles. The molecule has 0 atom stereocenters. The Labute approximate surface area is 109 Å². The molecule has 0 aliphatic heterocycles. The van der Waals surface area contributed by atoms with Crippen LogP contribution >= 0.6 is 15.9 Å². The summed E-state index contributed by atoms with van der Waals surface area (Å²) < 4.78 is 0.755. The molecule has 1 fully saturated rings. The van der Waals surface area contributed by atoms with Crippen molar-refractivity contribution < 1.29 is 10.2 Å². The van der Waals surface area contributed by atoms with Crippen LogP contribution in [0.15, 0.2) is 10.7 Å². The molecule has 5 nitrogen and oxygen atoms in total. The third kappa shape index (κ3) is 3.37. The van der Waals surface area contributed by atoms with Gasteiger partial charge in [0.25, 0.3) is 0 Å². The van der Waals surface area contributed by atoms with Gasteiger partial charge in [0.2, 0.25) is 0 Å². The number of aliphatic hydroxyl groups excluding tert-OH is 2. The maximum absolute atomic E-state index is 9.01. The lowest BCUT2D eigenvalue weighted by Gasteiger charge is -2.22. The Bertz CT molecular complexity index is 379. The molecule has 1 aromatic rings. The minimum atomic E-state index is 0.0420. The van der Waals surface area contributed by atoms with Crippen LogP contribution in [0.1, 0.15) is 24.6 Å². The third-order valence-electron chi connectivity index (χ3n) is 2.70. The number of aliphatic hydroxyl groups is 2. The van der Waals surface area contributed by atoms with Gasteiger partial charge < -0.3 is 15.1 Å². The van der Waals surface area contributed by atoms with E-state index in [1.54, 1.807) is 0 Å². The molecule has 1 aromatic heterocycles. The van der Waals surface area contributed by atoms with Crippen molar-refractivity contribution in [1.82, 2.24) is 9.97 Å². The summed E-state index contributed by atoms with van der Waals surface area (Å²) in [5, 5.41) is 18.0. The topological polar surface area (TPSA) is 69.5 Å². The van der Waals surface area contributed by atoms with Crippen LogP contribution in [0.3, 0.4) is 0 Å². The van der Waals surface area contributed by atoms with Gasteiger partial charge in [-0.1, -0.05) is 0 Å². The summed E-state index contributed by atoms with van der Waals surface area (Å²) in [6.45, 7) is 1.02. The summed E-state index contributed by atoms with van der Waals surface area (Å²) in [5.41, 5.74) is 0. The fourth-order valence-electron chi connectivity index (χ4n) is 1.69. The molecule has 0 bridgehead atoms. The molecule has 0 amide bonds. The molecule has 0 spiro atoms. The smallest absolute Gasteiger partial charge is 0.135 e. The van der Waals surface area contributed by atoms with Crippen molar-refractivity contribution in [3.63, 3.8) is 0 Å². The first-order chi connectivity index (χ1) is 8.24. The van der Waals surface area contributed by atoms with Crippen molar-refractivity contribution in [2.24, 2.45) is 0 Å². The Kier molecular flexibility index (Phi) is 4.31. The minimum absolute atomic E-state index is 0.0420. The Balaban J connectivity index is 2.21. The van der Waals surface area contributed by atoms with Crippen molar-refractivity contribution in [2.75, 3.05) is 31.2 Å². The van der Waals surface area contributed by atoms with E-state index in [0.29, 0.717) is 19.0 Å². The number of halogens is 1. The highest BCUT2D eigenvalue weighted by atomic mass is 79.9. The number of hydrogen-bond acceptors (Lipinski definition) is 5. The van der Waals surface area contributed by atoms with E-state index in [4.69, 9.17) is 10.2 Å². The first-order valence-electron chi connectivity index (χ1n) is 5.75. The van der Waals surface area contributed by atoms with Crippen LogP contribution in [0.4, 0.5) is 5.82 Å². The molecule has 0 radical (unpaired) electrons. The quantitative estimate of drug-likeness (QED) is 0.764. The van der Waals surface area contributed by atoms with Gasteiger partial charge in [0, 0.05) is 25.1 Å². The second kappa shape index (κ2) is 5.75. The highest BCUT2D eigenvalue weighted by molar-refractivity contribution is 9.10. The standard InChI is InChI=1S/C11H16BrN3O2/c12-9-7-10(15(3-5-16)4-6-17)14-11(13-9)8-1-2-8/h7-8,16-17H,1-6H2. The van der Waals surface area contributed by atoms with Crippen LogP contribution in [0.2, 0.25) is 0 Å². The summed E-state index contributed by atoms with van der Waals surface area (Å²) in [6.07, 6.45) is 2.30. The second-order valence-electron chi connectivity index (χ2n) is 4.12. The molecule has 1 aliphatic rings. The van der Waals surface area contributed by atoms with Gasteiger partial charge in [-0.05, 0) is 28.8 Å². The molecule has 2 N–H and O–H groups in total. The van der Waals surface area contributed by atoms with Crippen LogP contribution in [-0.2, 0) is 0 Å². The highest BCUT2D eigenvalue weighted by Gasteiger charge is 2.27. The number of rotatable bonds is 6. The normalized spacial score (nSPS) is 15.0. The Morgan fingerprint density at radius 2 is 1.88 bits per heavy atom. The maximum Gasteiger partial charge on any atom is 0.135 e. The molecule has 17 heavy (non-hydrogen) atoms. The average molecular weight is 302 g/mol. The van der Waals surface area contributed by atoms with Crippen LogP contribution < -0.4 is 4.90 Å². The molecular weight excluding hydrogens is 286 g/mol. The molecular formula is C11H16BrN3O2. The second-order valence-corrected chi connectivity index (χ2v) is 4.93. The predicted octanol–water partition coefficient (Wildman–Crippen LogP) is 0.907. The van der Waals surface area contributed by atoms with Gasteiger partial charge in [-0.25, -0.2) is 9.97 Å². The Morgan fingerprint density at radius 1 is 1.24 bits per heavy atom. The van der Waals surface area contributed by atoms with E-state index in [1.807, 2.05) is 11.0 Å². The summed E-state index contributed by atoms with van der Waals surface area (Å²) >= 11 is 3.38. The number of aromatic nitrogens is 2. The van der Waals surface area contributed by atoms with E-state index in [2.05, 4.69) is 25.9 Å². The monoisotopic (exact) mass is 301 g/mol. The lowest BCUT2D eigenvalue weighted by molar-refractivity contribution is 0.280. The van der Waals surface area contributed by atoms with Gasteiger partial charge in [-0.2, -0.15) is 0 Å². The minimum Gasteiger partial charge on any atom is -0.395 e. The first-order valence-corrected chi connectivity index (χ1v) is 6.55. The maximum atomic E-state index is 9.01. The van der Waals surface area contributed by atoms with E-state index >= 15 is 0 Å². The summed E-state index contributed by atoms with van der Waals surface area (Å²) in [5.74, 6) is 2.10. The van der Waals surface area contributed by atoms with E-state index in [0.717, 1.165) is 29.1 Å². The zero-order valence-corrected chi connectivity index (χ0v) is 11.1. The van der Waals surface area contributed by atoms with Gasteiger partial charge in [-0.15, -0.1) is 0 Å². The van der Waals surface area contributed by atoms with Crippen molar-refractivity contribution >= 4 is 21.7 Å². The van der Waals surface area contributed by atoms with Crippen molar-refractivity contribution in [3.8, 4) is 0 Å². The van der Waals surface area contributed by atoms with Crippen LogP contribution in [0.5, 0.6) is 0 Å². The molecule has 0 unspecified atom stereocenters. The lowest BCUT2D eigenvalue weighted by atomic mass is 10.3. The third-order valence-corrected chi connectivity index (χ3v) is 3.11. The summed E-state index contributed by atoms with van der Waals surface area (Å²) in [7, 11) is 0. The molecule has 6 heteroatoms. The van der Waals surface area contributed by atoms with Crippen molar-refractivity contribution in [2.45, 2.75) is 18.8 Å². The molecule has 2 rings (SSSR count). The largest absolute Gasteiger partial charge is 0.395 e. The summed E-state index contributed by atoms with van der Waals surface area (Å²) in [6, 6.07) is 1.82. The van der Waals surface area contributed by atoms with E-state index in [-0.39, 0.29) is 13.2 Å². The van der Waals surface area contributed by atoms with Crippen molar-refractivity contribution in [3.05, 3.63) is 16.5 Å². The fourth-order valence-corrected chi connectivity index (χ4v) is 2.08. The van der Waals surface area contributed by atoms with Gasteiger partial charge in [0.15, 0.2) is 0 Å². The molecule has 1 heterocycles.